The lowest BCUT2D eigenvalue weighted by Crippen LogP contribution is -2.46. The molecule has 1 fully saturated rings. The van der Waals surface area contributed by atoms with E-state index in [1.54, 1.807) is 35.2 Å². The van der Waals surface area contributed by atoms with Gasteiger partial charge in [-0.25, -0.2) is 4.79 Å². The molecule has 0 radical (unpaired) electrons. The zero-order chi connectivity index (χ0) is 23.7. The number of aromatic carboxylic acids is 1. The van der Waals surface area contributed by atoms with Gasteiger partial charge in [-0.05, 0) is 36.4 Å². The highest BCUT2D eigenvalue weighted by atomic mass is 16.4. The van der Waals surface area contributed by atoms with Gasteiger partial charge >= 0.3 is 5.97 Å². The van der Waals surface area contributed by atoms with E-state index in [0.29, 0.717) is 42.9 Å². The number of fused-ring (bicyclic) bond motifs is 1. The highest BCUT2D eigenvalue weighted by molar-refractivity contribution is 6.05. The van der Waals surface area contributed by atoms with Gasteiger partial charge in [0, 0.05) is 37.3 Å². The first-order valence-electron chi connectivity index (χ1n) is 10.4. The van der Waals surface area contributed by atoms with E-state index < -0.39 is 23.1 Å². The average molecular weight is 446 g/mol. The maximum absolute atomic E-state index is 13.5. The second-order valence-electron chi connectivity index (χ2n) is 7.97. The van der Waals surface area contributed by atoms with Crippen molar-refractivity contribution in [2.24, 2.45) is 5.73 Å². The Morgan fingerprint density at radius 3 is 2.52 bits per heavy atom. The van der Waals surface area contributed by atoms with Crippen LogP contribution in [-0.4, -0.2) is 55.1 Å². The molecule has 1 aromatic heterocycles. The molecule has 2 aromatic carbocycles. The summed E-state index contributed by atoms with van der Waals surface area (Å²) in [7, 11) is 1.96. The number of carboxylic acids is 1. The Labute approximate surface area is 189 Å². The second kappa shape index (κ2) is 8.76. The summed E-state index contributed by atoms with van der Waals surface area (Å²) in [4.78, 5) is 41.5. The summed E-state index contributed by atoms with van der Waals surface area (Å²) in [6.07, 6.45) is 0.106. The van der Waals surface area contributed by atoms with Crippen LogP contribution in [0.25, 0.3) is 22.1 Å². The lowest BCUT2D eigenvalue weighted by atomic mass is 9.94. The predicted molar refractivity (Wildman–Crippen MR) is 122 cm³/mol. The van der Waals surface area contributed by atoms with E-state index in [0.717, 1.165) is 0 Å². The Balaban J connectivity index is 2.00. The molecule has 3 N–H and O–H groups in total. The summed E-state index contributed by atoms with van der Waals surface area (Å²) < 4.78 is 5.86. The van der Waals surface area contributed by atoms with Gasteiger partial charge < -0.3 is 25.1 Å². The molecule has 0 spiro atoms. The van der Waals surface area contributed by atoms with Crippen molar-refractivity contribution in [2.75, 3.05) is 38.1 Å². The summed E-state index contributed by atoms with van der Waals surface area (Å²) in [5.41, 5.74) is 6.72. The topological polar surface area (TPSA) is 141 Å². The molecule has 33 heavy (non-hydrogen) atoms. The number of carbonyl (C=O) groups excluding carboxylic acids is 1. The molecule has 9 heteroatoms. The minimum absolute atomic E-state index is 0.0219. The molecular formula is C24H22N4O5. The van der Waals surface area contributed by atoms with E-state index in [1.165, 1.54) is 6.07 Å². The number of likely N-dealkylation sites (N-methyl/N-ethyl adjacent to an activating group) is 1. The van der Waals surface area contributed by atoms with Gasteiger partial charge in [-0.1, -0.05) is 18.2 Å². The van der Waals surface area contributed by atoms with Gasteiger partial charge in [0.05, 0.1) is 17.9 Å². The van der Waals surface area contributed by atoms with Crippen LogP contribution in [0.5, 0.6) is 0 Å². The molecule has 2 heterocycles. The van der Waals surface area contributed by atoms with Crippen molar-refractivity contribution in [3.8, 4) is 17.2 Å². The van der Waals surface area contributed by atoms with Crippen molar-refractivity contribution in [3.05, 3.63) is 63.5 Å². The zero-order valence-electron chi connectivity index (χ0n) is 18.0. The zero-order valence-corrected chi connectivity index (χ0v) is 18.0. The van der Waals surface area contributed by atoms with Gasteiger partial charge in [-0.2, -0.15) is 5.26 Å². The average Bonchev–Trinajstić information content (AvgIpc) is 2.79. The van der Waals surface area contributed by atoms with E-state index in [4.69, 9.17) is 15.4 Å². The molecule has 0 aliphatic carbocycles. The van der Waals surface area contributed by atoms with Crippen LogP contribution >= 0.6 is 0 Å². The van der Waals surface area contributed by atoms with Crippen LogP contribution in [0.1, 0.15) is 26.5 Å². The number of benzene rings is 2. The minimum Gasteiger partial charge on any atom is -0.475 e. The molecule has 1 saturated heterocycles. The number of nitrogens with two attached hydrogens (primary N) is 1. The van der Waals surface area contributed by atoms with Gasteiger partial charge in [0.1, 0.15) is 11.3 Å². The van der Waals surface area contributed by atoms with E-state index in [1.807, 2.05) is 7.05 Å². The smallest absolute Gasteiger partial charge is 0.374 e. The summed E-state index contributed by atoms with van der Waals surface area (Å²) in [6.45, 7) is 2.36. The number of para-hydroxylation sites is 1. The van der Waals surface area contributed by atoms with Crippen LogP contribution in [0.3, 0.4) is 0 Å². The van der Waals surface area contributed by atoms with Crippen LogP contribution in [0.15, 0.2) is 45.6 Å². The fourth-order valence-corrected chi connectivity index (χ4v) is 4.11. The van der Waals surface area contributed by atoms with Crippen LogP contribution in [0, 0.1) is 11.3 Å². The molecule has 1 amide bonds. The maximum atomic E-state index is 13.5. The number of piperazine rings is 1. The highest BCUT2D eigenvalue weighted by Crippen LogP contribution is 2.34. The first-order valence-corrected chi connectivity index (χ1v) is 10.4. The molecule has 0 atom stereocenters. The number of anilines is 1. The molecule has 0 bridgehead atoms. The summed E-state index contributed by atoms with van der Waals surface area (Å²) in [5.74, 6) is -2.50. The van der Waals surface area contributed by atoms with E-state index in [2.05, 4.69) is 11.0 Å². The Hall–Kier alpha value is -4.16. The summed E-state index contributed by atoms with van der Waals surface area (Å²) in [5, 5.41) is 19.1. The van der Waals surface area contributed by atoms with Crippen molar-refractivity contribution in [3.63, 3.8) is 0 Å². The van der Waals surface area contributed by atoms with Gasteiger partial charge in [0.2, 0.25) is 17.1 Å². The second-order valence-corrected chi connectivity index (χ2v) is 7.97. The van der Waals surface area contributed by atoms with E-state index in [9.17, 15) is 19.5 Å². The highest BCUT2D eigenvalue weighted by Gasteiger charge is 2.28. The molecule has 1 aliphatic rings. The molecule has 3 aromatic rings. The van der Waals surface area contributed by atoms with E-state index in [-0.39, 0.29) is 28.6 Å². The fourth-order valence-electron chi connectivity index (χ4n) is 4.11. The maximum Gasteiger partial charge on any atom is 0.374 e. The number of hydrogen-bond donors (Lipinski definition) is 2. The first kappa shape index (κ1) is 22.0. The molecule has 9 nitrogen and oxygen atoms in total. The van der Waals surface area contributed by atoms with Crippen molar-refractivity contribution in [1.82, 2.24) is 4.90 Å². The number of carboxylic acid groups (broad SMARTS) is 1. The third-order valence-electron chi connectivity index (χ3n) is 5.83. The first-order chi connectivity index (χ1) is 15.8. The Kier molecular flexibility index (Phi) is 5.85. The lowest BCUT2D eigenvalue weighted by molar-refractivity contribution is 0.0663. The monoisotopic (exact) mass is 446 g/mol. The number of nitrogens with zero attached hydrogens (tertiary/aromatic N) is 3. The molecule has 1 aliphatic heterocycles. The van der Waals surface area contributed by atoms with Crippen molar-refractivity contribution in [1.29, 1.82) is 5.26 Å². The molecule has 4 rings (SSSR count). The number of primary amides is 1. The molecular weight excluding hydrogens is 424 g/mol. The van der Waals surface area contributed by atoms with Gasteiger partial charge in [-0.3, -0.25) is 9.59 Å². The summed E-state index contributed by atoms with van der Waals surface area (Å²) >= 11 is 0. The Morgan fingerprint density at radius 2 is 1.88 bits per heavy atom. The number of nitriles is 1. The largest absolute Gasteiger partial charge is 0.475 e. The lowest BCUT2D eigenvalue weighted by Gasteiger charge is -2.33. The molecule has 0 saturated carbocycles. The molecule has 168 valence electrons. The Bertz CT molecular complexity index is 1360. The van der Waals surface area contributed by atoms with Crippen LogP contribution < -0.4 is 16.1 Å². The van der Waals surface area contributed by atoms with Crippen molar-refractivity contribution in [2.45, 2.75) is 6.42 Å². The standard InChI is InChI=1S/C24H22N4O5/c1-27-9-11-28(12-10-27)19-20(29)17-4-2-3-15(21(17)33-22(19)24(31)32)18-13-14(7-8-25)5-6-16(18)23(26)30/h2-6,13H,7,9-12H2,1H3,(H2,26,30)(H,31,32). The van der Waals surface area contributed by atoms with Crippen LogP contribution in [0.2, 0.25) is 0 Å². The SMILES string of the molecule is CN1CCN(c2c(C(=O)O)oc3c(-c4cc(CC#N)ccc4C(N)=O)cccc3c2=O)CC1. The normalized spacial score (nSPS) is 14.2. The predicted octanol–water partition coefficient (Wildman–Crippen LogP) is 2.07. The van der Waals surface area contributed by atoms with Gasteiger partial charge in [-0.15, -0.1) is 0 Å². The fraction of sp³-hybridized carbons (Fsp3) is 0.250. The van der Waals surface area contributed by atoms with Gasteiger partial charge in [0.25, 0.3) is 0 Å². The third-order valence-corrected chi connectivity index (χ3v) is 5.83. The van der Waals surface area contributed by atoms with Crippen LogP contribution in [-0.2, 0) is 6.42 Å². The quantitative estimate of drug-likeness (QED) is 0.607. The number of rotatable bonds is 5. The number of hydrogen-bond acceptors (Lipinski definition) is 7. The number of amides is 1. The van der Waals surface area contributed by atoms with E-state index >= 15 is 0 Å². The van der Waals surface area contributed by atoms with Crippen molar-refractivity contribution >= 4 is 28.5 Å². The number of carbonyl (C=O) groups is 2. The van der Waals surface area contributed by atoms with Crippen LogP contribution in [0.4, 0.5) is 5.69 Å². The Morgan fingerprint density at radius 1 is 1.15 bits per heavy atom. The van der Waals surface area contributed by atoms with Gasteiger partial charge in [0.15, 0.2) is 0 Å². The molecule has 0 unspecified atom stereocenters. The van der Waals surface area contributed by atoms with Crippen molar-refractivity contribution < 1.29 is 19.1 Å². The third kappa shape index (κ3) is 4.04. The minimum atomic E-state index is -1.36. The summed E-state index contributed by atoms with van der Waals surface area (Å²) in [6, 6.07) is 11.7.